The van der Waals surface area contributed by atoms with Crippen molar-refractivity contribution < 1.29 is 19.4 Å². The summed E-state index contributed by atoms with van der Waals surface area (Å²) < 4.78 is 7.31. The Bertz CT molecular complexity index is 879. The SMILES string of the molecule is CCCc1c(C(=O)N2C[C@H]3COCC[C@@]3(C(=O)O)C2)cnn1-c1ccccc1. The highest BCUT2D eigenvalue weighted by molar-refractivity contribution is 5.96. The largest absolute Gasteiger partial charge is 0.481 e. The van der Waals surface area contributed by atoms with Crippen LogP contribution in [-0.4, -0.2) is 58.0 Å². The Hall–Kier alpha value is -2.67. The van der Waals surface area contributed by atoms with Crippen molar-refractivity contribution in [2.45, 2.75) is 26.2 Å². The van der Waals surface area contributed by atoms with Gasteiger partial charge in [-0.3, -0.25) is 9.59 Å². The molecule has 2 fully saturated rings. The molecule has 7 nitrogen and oxygen atoms in total. The number of likely N-dealkylation sites (tertiary alicyclic amines) is 1. The van der Waals surface area contributed by atoms with Crippen molar-refractivity contribution >= 4 is 11.9 Å². The zero-order valence-corrected chi connectivity index (χ0v) is 16.0. The van der Waals surface area contributed by atoms with Crippen LogP contribution in [0.25, 0.3) is 5.69 Å². The number of hydrogen-bond acceptors (Lipinski definition) is 4. The zero-order valence-electron chi connectivity index (χ0n) is 16.0. The summed E-state index contributed by atoms with van der Waals surface area (Å²) in [5.74, 6) is -1.13. The van der Waals surface area contributed by atoms with E-state index in [2.05, 4.69) is 12.0 Å². The monoisotopic (exact) mass is 383 g/mol. The summed E-state index contributed by atoms with van der Waals surface area (Å²) in [4.78, 5) is 27.0. The molecule has 0 bridgehead atoms. The van der Waals surface area contributed by atoms with Crippen molar-refractivity contribution in [2.75, 3.05) is 26.3 Å². The van der Waals surface area contributed by atoms with E-state index in [0.29, 0.717) is 31.7 Å². The molecule has 0 spiro atoms. The van der Waals surface area contributed by atoms with E-state index in [0.717, 1.165) is 24.2 Å². The van der Waals surface area contributed by atoms with E-state index in [9.17, 15) is 14.7 Å². The van der Waals surface area contributed by atoms with Gasteiger partial charge < -0.3 is 14.7 Å². The summed E-state index contributed by atoms with van der Waals surface area (Å²) in [6.45, 7) is 3.53. The van der Waals surface area contributed by atoms with Gasteiger partial charge >= 0.3 is 5.97 Å². The standard InChI is InChI=1S/C21H25N3O4/c1-2-6-18-17(11-22-24(18)16-7-4-3-5-8-16)19(25)23-12-15-13-28-10-9-21(15,14-23)20(26)27/h3-5,7-8,11,15H,2,6,9-10,12-14H2,1H3,(H,26,27)/t15-,21+/m0/s1. The molecule has 28 heavy (non-hydrogen) atoms. The average Bonchev–Trinajstić information content (AvgIpc) is 3.31. The van der Waals surface area contributed by atoms with E-state index in [1.807, 2.05) is 35.0 Å². The third kappa shape index (κ3) is 2.99. The quantitative estimate of drug-likeness (QED) is 0.857. The first-order valence-electron chi connectivity index (χ1n) is 9.79. The van der Waals surface area contributed by atoms with E-state index in [4.69, 9.17) is 4.74 Å². The van der Waals surface area contributed by atoms with Crippen LogP contribution in [0.1, 0.15) is 35.8 Å². The fourth-order valence-corrected chi connectivity index (χ4v) is 4.45. The average molecular weight is 383 g/mol. The first-order valence-corrected chi connectivity index (χ1v) is 9.79. The van der Waals surface area contributed by atoms with Crippen molar-refractivity contribution in [3.8, 4) is 5.69 Å². The highest BCUT2D eigenvalue weighted by atomic mass is 16.5. The Balaban J connectivity index is 1.65. The lowest BCUT2D eigenvalue weighted by Crippen LogP contribution is -2.45. The molecular weight excluding hydrogens is 358 g/mol. The van der Waals surface area contributed by atoms with Crippen molar-refractivity contribution in [2.24, 2.45) is 11.3 Å². The molecule has 2 aromatic rings. The maximum Gasteiger partial charge on any atom is 0.311 e. The number of benzene rings is 1. The second kappa shape index (κ2) is 7.39. The second-order valence-corrected chi connectivity index (χ2v) is 7.67. The number of carbonyl (C=O) groups excluding carboxylic acids is 1. The van der Waals surface area contributed by atoms with Crippen LogP contribution < -0.4 is 0 Å². The number of ether oxygens (including phenoxy) is 1. The molecule has 7 heteroatoms. The molecular formula is C21H25N3O4. The number of carbonyl (C=O) groups is 2. The van der Waals surface area contributed by atoms with Crippen LogP contribution >= 0.6 is 0 Å². The first kappa shape index (κ1) is 18.7. The van der Waals surface area contributed by atoms with Gasteiger partial charge in [0.15, 0.2) is 0 Å². The first-order chi connectivity index (χ1) is 13.6. The Morgan fingerprint density at radius 1 is 1.32 bits per heavy atom. The van der Waals surface area contributed by atoms with Gasteiger partial charge in [-0.15, -0.1) is 0 Å². The molecule has 1 N–H and O–H groups in total. The minimum atomic E-state index is -0.895. The predicted octanol–water partition coefficient (Wildman–Crippen LogP) is 2.39. The zero-order chi connectivity index (χ0) is 19.7. The number of fused-ring (bicyclic) bond motifs is 1. The van der Waals surface area contributed by atoms with Crippen LogP contribution in [-0.2, 0) is 16.0 Å². The van der Waals surface area contributed by atoms with Gasteiger partial charge in [0.25, 0.3) is 5.91 Å². The number of carboxylic acid groups (broad SMARTS) is 1. The molecule has 2 saturated heterocycles. The van der Waals surface area contributed by atoms with Gasteiger partial charge in [0, 0.05) is 25.6 Å². The summed E-state index contributed by atoms with van der Waals surface area (Å²) >= 11 is 0. The van der Waals surface area contributed by atoms with E-state index in [-0.39, 0.29) is 18.4 Å². The van der Waals surface area contributed by atoms with Crippen LogP contribution in [0.5, 0.6) is 0 Å². The minimum Gasteiger partial charge on any atom is -0.481 e. The number of hydrogen-bond donors (Lipinski definition) is 1. The summed E-state index contributed by atoms with van der Waals surface area (Å²) in [6, 6.07) is 9.74. The van der Waals surface area contributed by atoms with Crippen LogP contribution in [0.15, 0.2) is 36.5 Å². The Morgan fingerprint density at radius 2 is 2.11 bits per heavy atom. The van der Waals surface area contributed by atoms with Crippen LogP contribution in [0.3, 0.4) is 0 Å². The van der Waals surface area contributed by atoms with E-state index < -0.39 is 11.4 Å². The number of carboxylic acids is 1. The summed E-state index contributed by atoms with van der Waals surface area (Å²) in [5.41, 5.74) is 1.45. The van der Waals surface area contributed by atoms with Crippen molar-refractivity contribution in [3.63, 3.8) is 0 Å². The van der Waals surface area contributed by atoms with Gasteiger partial charge in [-0.2, -0.15) is 5.10 Å². The molecule has 4 rings (SSSR count). The molecule has 1 amide bonds. The smallest absolute Gasteiger partial charge is 0.311 e. The predicted molar refractivity (Wildman–Crippen MR) is 102 cm³/mol. The number of amides is 1. The van der Waals surface area contributed by atoms with Crippen molar-refractivity contribution in [1.82, 2.24) is 14.7 Å². The van der Waals surface area contributed by atoms with Gasteiger partial charge in [0.1, 0.15) is 0 Å². The van der Waals surface area contributed by atoms with Crippen molar-refractivity contribution in [3.05, 3.63) is 47.8 Å². The van der Waals surface area contributed by atoms with Gasteiger partial charge in [-0.05, 0) is 25.0 Å². The molecule has 148 valence electrons. The normalized spacial score (nSPS) is 24.2. The summed E-state index contributed by atoms with van der Waals surface area (Å²) in [7, 11) is 0. The third-order valence-electron chi connectivity index (χ3n) is 6.01. The minimum absolute atomic E-state index is 0.138. The van der Waals surface area contributed by atoms with Crippen LogP contribution in [0.2, 0.25) is 0 Å². The summed E-state index contributed by atoms with van der Waals surface area (Å²) in [6.07, 6.45) is 3.67. The van der Waals surface area contributed by atoms with Gasteiger partial charge in [-0.25, -0.2) is 4.68 Å². The topological polar surface area (TPSA) is 84.7 Å². The fraction of sp³-hybridized carbons (Fsp3) is 0.476. The molecule has 2 aliphatic rings. The molecule has 0 aliphatic carbocycles. The third-order valence-corrected chi connectivity index (χ3v) is 6.01. The fourth-order valence-electron chi connectivity index (χ4n) is 4.45. The maximum atomic E-state index is 13.3. The van der Waals surface area contributed by atoms with Gasteiger partial charge in [0.2, 0.25) is 0 Å². The van der Waals surface area contributed by atoms with Gasteiger partial charge in [0.05, 0.1) is 35.2 Å². The Labute approximate surface area is 163 Å². The number of nitrogens with zero attached hydrogens (tertiary/aromatic N) is 3. The lowest BCUT2D eigenvalue weighted by molar-refractivity contribution is -0.157. The van der Waals surface area contributed by atoms with E-state index >= 15 is 0 Å². The number of aromatic nitrogens is 2. The molecule has 3 heterocycles. The van der Waals surface area contributed by atoms with E-state index in [1.165, 1.54) is 0 Å². The Morgan fingerprint density at radius 3 is 2.79 bits per heavy atom. The van der Waals surface area contributed by atoms with Crippen LogP contribution in [0, 0.1) is 11.3 Å². The molecule has 2 atom stereocenters. The summed E-state index contributed by atoms with van der Waals surface area (Å²) in [5, 5.41) is 14.3. The van der Waals surface area contributed by atoms with Gasteiger partial charge in [-0.1, -0.05) is 31.5 Å². The highest BCUT2D eigenvalue weighted by Crippen LogP contribution is 2.43. The second-order valence-electron chi connectivity index (χ2n) is 7.67. The van der Waals surface area contributed by atoms with Crippen molar-refractivity contribution in [1.29, 1.82) is 0 Å². The molecule has 2 aliphatic heterocycles. The van der Waals surface area contributed by atoms with Crippen LogP contribution in [0.4, 0.5) is 0 Å². The number of para-hydroxylation sites is 1. The molecule has 0 unspecified atom stereocenters. The molecule has 0 radical (unpaired) electrons. The molecule has 1 aromatic heterocycles. The Kier molecular flexibility index (Phi) is 4.93. The molecule has 0 saturated carbocycles. The lowest BCUT2D eigenvalue weighted by Gasteiger charge is -2.33. The van der Waals surface area contributed by atoms with E-state index in [1.54, 1.807) is 11.1 Å². The highest BCUT2D eigenvalue weighted by Gasteiger charge is 2.55. The maximum absolute atomic E-state index is 13.3. The lowest BCUT2D eigenvalue weighted by atomic mass is 9.74. The number of aliphatic carboxylic acids is 1. The molecule has 1 aromatic carbocycles. The number of rotatable bonds is 5.